The summed E-state index contributed by atoms with van der Waals surface area (Å²) >= 11 is 0. The molecule has 2 aliphatic rings. The predicted octanol–water partition coefficient (Wildman–Crippen LogP) is 0.794. The first-order valence-corrected chi connectivity index (χ1v) is 6.07. The van der Waals surface area contributed by atoms with Crippen molar-refractivity contribution in [1.82, 2.24) is 10.6 Å². The largest absolute Gasteiger partial charge is 0.352 e. The Bertz CT molecular complexity index is 315. The van der Waals surface area contributed by atoms with Gasteiger partial charge in [-0.3, -0.25) is 4.79 Å². The third-order valence-corrected chi connectivity index (χ3v) is 3.92. The predicted molar refractivity (Wildman–Crippen MR) is 60.5 cm³/mol. The molecule has 1 heterocycles. The number of carbonyl (C=O) groups excluding carboxylic acids is 1. The van der Waals surface area contributed by atoms with E-state index in [-0.39, 0.29) is 23.3 Å². The van der Waals surface area contributed by atoms with Crippen LogP contribution in [0.3, 0.4) is 0 Å². The summed E-state index contributed by atoms with van der Waals surface area (Å²) in [5, 5.41) is 15.2. The summed E-state index contributed by atoms with van der Waals surface area (Å²) in [6, 6.07) is 2.37. The Labute approximate surface area is 96.4 Å². The summed E-state index contributed by atoms with van der Waals surface area (Å²) in [5.41, 5.74) is -0.275. The zero-order valence-corrected chi connectivity index (χ0v) is 9.75. The first-order valence-electron chi connectivity index (χ1n) is 6.07. The molecule has 4 heteroatoms. The Morgan fingerprint density at radius 2 is 2.38 bits per heavy atom. The van der Waals surface area contributed by atoms with Gasteiger partial charge in [0.25, 0.3) is 0 Å². The fourth-order valence-corrected chi connectivity index (χ4v) is 2.64. The van der Waals surface area contributed by atoms with Crippen molar-refractivity contribution in [3.05, 3.63) is 0 Å². The molecular weight excluding hydrogens is 202 g/mol. The van der Waals surface area contributed by atoms with Gasteiger partial charge in [-0.2, -0.15) is 5.26 Å². The smallest absolute Gasteiger partial charge is 0.227 e. The number of nitriles is 1. The fourth-order valence-electron chi connectivity index (χ4n) is 2.64. The molecule has 4 nitrogen and oxygen atoms in total. The Morgan fingerprint density at radius 1 is 1.56 bits per heavy atom. The molecule has 0 spiro atoms. The molecule has 1 saturated carbocycles. The third-order valence-electron chi connectivity index (χ3n) is 3.92. The zero-order chi connectivity index (χ0) is 11.6. The molecule has 2 N–H and O–H groups in total. The van der Waals surface area contributed by atoms with E-state index in [1.807, 2.05) is 6.92 Å². The molecular formula is C12H19N3O. The average Bonchev–Trinajstić information content (AvgIpc) is 2.87. The average molecular weight is 221 g/mol. The Hall–Kier alpha value is -1.08. The van der Waals surface area contributed by atoms with Crippen molar-refractivity contribution in [2.75, 3.05) is 13.1 Å². The minimum absolute atomic E-state index is 0.0157. The monoisotopic (exact) mass is 221 g/mol. The maximum Gasteiger partial charge on any atom is 0.227 e. The van der Waals surface area contributed by atoms with E-state index in [2.05, 4.69) is 16.7 Å². The number of hydrogen-bond acceptors (Lipinski definition) is 3. The van der Waals surface area contributed by atoms with Crippen LogP contribution in [0, 0.1) is 22.7 Å². The summed E-state index contributed by atoms with van der Waals surface area (Å²) in [6.07, 6.45) is 3.82. The lowest BCUT2D eigenvalue weighted by atomic mass is 9.88. The molecule has 0 bridgehead atoms. The van der Waals surface area contributed by atoms with Gasteiger partial charge in [-0.15, -0.1) is 0 Å². The molecule has 16 heavy (non-hydrogen) atoms. The minimum Gasteiger partial charge on any atom is -0.352 e. The summed E-state index contributed by atoms with van der Waals surface area (Å²) in [7, 11) is 0. The highest BCUT2D eigenvalue weighted by atomic mass is 16.2. The van der Waals surface area contributed by atoms with Gasteiger partial charge in [-0.1, -0.05) is 0 Å². The third kappa shape index (κ3) is 2.05. The molecule has 1 amide bonds. The van der Waals surface area contributed by atoms with Crippen molar-refractivity contribution in [3.8, 4) is 6.07 Å². The highest BCUT2D eigenvalue weighted by Crippen LogP contribution is 2.28. The number of amides is 1. The quantitative estimate of drug-likeness (QED) is 0.724. The second kappa shape index (κ2) is 4.42. The van der Waals surface area contributed by atoms with Gasteiger partial charge in [0.15, 0.2) is 0 Å². The van der Waals surface area contributed by atoms with E-state index < -0.39 is 0 Å². The SMILES string of the molecule is CC1(C(=O)NC2CCCC2C#N)CCNC1. The van der Waals surface area contributed by atoms with Crippen molar-refractivity contribution >= 4 is 5.91 Å². The van der Waals surface area contributed by atoms with Crippen LogP contribution in [0.1, 0.15) is 32.6 Å². The van der Waals surface area contributed by atoms with Gasteiger partial charge < -0.3 is 10.6 Å². The van der Waals surface area contributed by atoms with E-state index in [0.29, 0.717) is 0 Å². The standard InChI is InChI=1S/C12H19N3O/c1-12(5-6-14-8-12)11(16)15-10-4-2-3-9(10)7-13/h9-10,14H,2-6,8H2,1H3,(H,15,16). The van der Waals surface area contributed by atoms with Crippen LogP contribution in [-0.2, 0) is 4.79 Å². The molecule has 0 aromatic heterocycles. The van der Waals surface area contributed by atoms with Gasteiger partial charge in [-0.05, 0) is 39.2 Å². The minimum atomic E-state index is -0.275. The molecule has 2 rings (SSSR count). The number of nitrogens with zero attached hydrogens (tertiary/aromatic N) is 1. The van der Waals surface area contributed by atoms with Crippen LogP contribution in [-0.4, -0.2) is 25.0 Å². The molecule has 1 saturated heterocycles. The van der Waals surface area contributed by atoms with E-state index >= 15 is 0 Å². The summed E-state index contributed by atoms with van der Waals surface area (Å²) in [6.45, 7) is 3.66. The molecule has 2 fully saturated rings. The van der Waals surface area contributed by atoms with E-state index in [0.717, 1.165) is 38.8 Å². The van der Waals surface area contributed by atoms with Gasteiger partial charge in [0.05, 0.1) is 17.4 Å². The second-order valence-corrected chi connectivity index (χ2v) is 5.23. The Balaban J connectivity index is 1.94. The molecule has 3 unspecified atom stereocenters. The molecule has 3 atom stereocenters. The maximum absolute atomic E-state index is 12.1. The molecule has 0 aromatic carbocycles. The molecule has 0 radical (unpaired) electrons. The summed E-state index contributed by atoms with van der Waals surface area (Å²) < 4.78 is 0. The van der Waals surface area contributed by atoms with Gasteiger partial charge in [0.2, 0.25) is 5.91 Å². The normalized spacial score (nSPS) is 38.2. The van der Waals surface area contributed by atoms with E-state index in [1.165, 1.54) is 0 Å². The van der Waals surface area contributed by atoms with Crippen LogP contribution >= 0.6 is 0 Å². The van der Waals surface area contributed by atoms with Crippen molar-refractivity contribution in [3.63, 3.8) is 0 Å². The summed E-state index contributed by atoms with van der Waals surface area (Å²) in [4.78, 5) is 12.1. The maximum atomic E-state index is 12.1. The van der Waals surface area contributed by atoms with Crippen molar-refractivity contribution in [2.45, 2.75) is 38.6 Å². The van der Waals surface area contributed by atoms with Gasteiger partial charge in [0.1, 0.15) is 0 Å². The zero-order valence-electron chi connectivity index (χ0n) is 9.75. The molecule has 88 valence electrons. The Kier molecular flexibility index (Phi) is 3.15. The topological polar surface area (TPSA) is 64.9 Å². The van der Waals surface area contributed by atoms with Crippen molar-refractivity contribution in [2.24, 2.45) is 11.3 Å². The van der Waals surface area contributed by atoms with Gasteiger partial charge in [-0.25, -0.2) is 0 Å². The lowest BCUT2D eigenvalue weighted by molar-refractivity contribution is -0.130. The molecule has 1 aliphatic heterocycles. The fraction of sp³-hybridized carbons (Fsp3) is 0.833. The van der Waals surface area contributed by atoms with Crippen LogP contribution < -0.4 is 10.6 Å². The van der Waals surface area contributed by atoms with E-state index in [4.69, 9.17) is 5.26 Å². The first kappa shape index (κ1) is 11.4. The highest BCUT2D eigenvalue weighted by molar-refractivity contribution is 5.83. The van der Waals surface area contributed by atoms with Crippen molar-refractivity contribution in [1.29, 1.82) is 5.26 Å². The van der Waals surface area contributed by atoms with Crippen LogP contribution in [0.4, 0.5) is 0 Å². The lowest BCUT2D eigenvalue weighted by Crippen LogP contribution is -2.46. The van der Waals surface area contributed by atoms with Gasteiger partial charge >= 0.3 is 0 Å². The molecule has 1 aliphatic carbocycles. The van der Waals surface area contributed by atoms with Crippen molar-refractivity contribution < 1.29 is 4.79 Å². The second-order valence-electron chi connectivity index (χ2n) is 5.23. The first-order chi connectivity index (χ1) is 7.65. The number of carbonyl (C=O) groups is 1. The molecule has 0 aromatic rings. The summed E-state index contributed by atoms with van der Waals surface area (Å²) in [5.74, 6) is 0.131. The number of nitrogens with one attached hydrogen (secondary N) is 2. The Morgan fingerprint density at radius 3 is 3.00 bits per heavy atom. The lowest BCUT2D eigenvalue weighted by Gasteiger charge is -2.25. The number of hydrogen-bond donors (Lipinski definition) is 2. The van der Waals surface area contributed by atoms with E-state index in [1.54, 1.807) is 0 Å². The number of rotatable bonds is 2. The van der Waals surface area contributed by atoms with E-state index in [9.17, 15) is 4.79 Å². The van der Waals surface area contributed by atoms with Gasteiger partial charge in [0, 0.05) is 12.6 Å². The van der Waals surface area contributed by atoms with Crippen LogP contribution in [0.25, 0.3) is 0 Å². The van der Waals surface area contributed by atoms with Crippen LogP contribution in [0.2, 0.25) is 0 Å². The highest BCUT2D eigenvalue weighted by Gasteiger charge is 2.39. The van der Waals surface area contributed by atoms with Crippen LogP contribution in [0.15, 0.2) is 0 Å². The van der Waals surface area contributed by atoms with Crippen LogP contribution in [0.5, 0.6) is 0 Å².